The summed E-state index contributed by atoms with van der Waals surface area (Å²) in [5.74, 6) is 0.885. The first-order chi connectivity index (χ1) is 9.67. The van der Waals surface area contributed by atoms with Crippen LogP contribution in [-0.2, 0) is 4.74 Å². The summed E-state index contributed by atoms with van der Waals surface area (Å²) in [7, 11) is 3.45. The van der Waals surface area contributed by atoms with E-state index in [1.807, 2.05) is 12.1 Å². The molecule has 1 aliphatic rings. The topological polar surface area (TPSA) is 47.7 Å². The van der Waals surface area contributed by atoms with Crippen LogP contribution in [0.1, 0.15) is 31.4 Å². The Labute approximate surface area is 121 Å². The van der Waals surface area contributed by atoms with Crippen molar-refractivity contribution in [3.8, 4) is 5.75 Å². The average molecular weight is 278 g/mol. The molecule has 0 aliphatic heterocycles. The molecule has 2 atom stereocenters. The van der Waals surface area contributed by atoms with Crippen LogP contribution in [0.5, 0.6) is 5.75 Å². The van der Waals surface area contributed by atoms with Gasteiger partial charge in [-0.25, -0.2) is 0 Å². The Hall–Kier alpha value is -1.10. The zero-order valence-corrected chi connectivity index (χ0v) is 12.7. The highest BCUT2D eigenvalue weighted by atomic mass is 16.5. The normalized spacial score (nSPS) is 18.1. The molecule has 1 aromatic carbocycles. The number of hydrogen-bond donors (Lipinski definition) is 1. The fraction of sp³-hybridized carbons (Fsp3) is 0.625. The van der Waals surface area contributed by atoms with Gasteiger partial charge in [0, 0.05) is 25.7 Å². The highest BCUT2D eigenvalue weighted by molar-refractivity contribution is 5.31. The van der Waals surface area contributed by atoms with E-state index in [2.05, 4.69) is 24.0 Å². The minimum Gasteiger partial charge on any atom is -0.497 e. The third-order valence-electron chi connectivity index (χ3n) is 3.86. The van der Waals surface area contributed by atoms with Crippen molar-refractivity contribution in [2.75, 3.05) is 27.4 Å². The number of ether oxygens (including phenoxy) is 2. The molecule has 0 radical (unpaired) electrons. The lowest BCUT2D eigenvalue weighted by molar-refractivity contribution is 0.104. The third kappa shape index (κ3) is 3.72. The van der Waals surface area contributed by atoms with Crippen LogP contribution in [-0.4, -0.2) is 44.4 Å². The molecule has 0 saturated heterocycles. The summed E-state index contributed by atoms with van der Waals surface area (Å²) in [6.07, 6.45) is 2.52. The van der Waals surface area contributed by atoms with Gasteiger partial charge in [0.1, 0.15) is 5.75 Å². The van der Waals surface area contributed by atoms with Crippen LogP contribution in [0.2, 0.25) is 0 Å². The number of hydrogen-bond acceptors (Lipinski definition) is 4. The van der Waals surface area contributed by atoms with Gasteiger partial charge in [-0.3, -0.25) is 4.90 Å². The fourth-order valence-corrected chi connectivity index (χ4v) is 2.77. The van der Waals surface area contributed by atoms with Crippen molar-refractivity contribution in [1.29, 1.82) is 0 Å². The van der Waals surface area contributed by atoms with Gasteiger partial charge < -0.3 is 15.2 Å². The molecule has 112 valence electrons. The highest BCUT2D eigenvalue weighted by Gasteiger charge is 2.36. The maximum atomic E-state index is 6.28. The predicted molar refractivity (Wildman–Crippen MR) is 81.0 cm³/mol. The summed E-state index contributed by atoms with van der Waals surface area (Å²) in [6, 6.07) is 9.16. The number of benzene rings is 1. The zero-order chi connectivity index (χ0) is 14.5. The van der Waals surface area contributed by atoms with Crippen molar-refractivity contribution in [3.63, 3.8) is 0 Å². The SMILES string of the molecule is COCCN(C1CC1)C(c1cccc(OC)c1)C(C)N. The Morgan fingerprint density at radius 1 is 1.35 bits per heavy atom. The Kier molecular flexibility index (Phi) is 5.40. The summed E-state index contributed by atoms with van der Waals surface area (Å²) in [6.45, 7) is 3.74. The van der Waals surface area contributed by atoms with E-state index < -0.39 is 0 Å². The molecule has 0 bridgehead atoms. The van der Waals surface area contributed by atoms with Gasteiger partial charge in [-0.05, 0) is 37.5 Å². The first-order valence-electron chi connectivity index (χ1n) is 7.31. The van der Waals surface area contributed by atoms with Gasteiger partial charge in [0.25, 0.3) is 0 Å². The first-order valence-corrected chi connectivity index (χ1v) is 7.31. The minimum absolute atomic E-state index is 0.0690. The molecule has 0 spiro atoms. The molecular formula is C16H26N2O2. The van der Waals surface area contributed by atoms with Gasteiger partial charge in [-0.2, -0.15) is 0 Å². The summed E-state index contributed by atoms with van der Waals surface area (Å²) in [5.41, 5.74) is 7.50. The molecule has 1 aromatic rings. The molecule has 0 amide bonds. The monoisotopic (exact) mass is 278 g/mol. The van der Waals surface area contributed by atoms with Crippen LogP contribution in [0.4, 0.5) is 0 Å². The second-order valence-electron chi connectivity index (χ2n) is 5.54. The highest BCUT2D eigenvalue weighted by Crippen LogP contribution is 2.36. The third-order valence-corrected chi connectivity index (χ3v) is 3.86. The lowest BCUT2D eigenvalue weighted by atomic mass is 9.98. The van der Waals surface area contributed by atoms with Gasteiger partial charge in [0.15, 0.2) is 0 Å². The molecule has 20 heavy (non-hydrogen) atoms. The van der Waals surface area contributed by atoms with Crippen molar-refractivity contribution in [2.24, 2.45) is 5.73 Å². The van der Waals surface area contributed by atoms with Crippen LogP contribution in [0.3, 0.4) is 0 Å². The molecule has 0 heterocycles. The van der Waals surface area contributed by atoms with E-state index in [1.165, 1.54) is 18.4 Å². The largest absolute Gasteiger partial charge is 0.497 e. The van der Waals surface area contributed by atoms with Crippen LogP contribution in [0.25, 0.3) is 0 Å². The first kappa shape index (κ1) is 15.3. The standard InChI is InChI=1S/C16H26N2O2/c1-12(17)16(13-5-4-6-15(11-13)20-3)18(9-10-19-2)14-7-8-14/h4-6,11-12,14,16H,7-10,17H2,1-3H3. The van der Waals surface area contributed by atoms with E-state index in [4.69, 9.17) is 15.2 Å². The van der Waals surface area contributed by atoms with Gasteiger partial charge in [-0.15, -0.1) is 0 Å². The Morgan fingerprint density at radius 2 is 2.10 bits per heavy atom. The fourth-order valence-electron chi connectivity index (χ4n) is 2.77. The molecule has 0 aromatic heterocycles. The molecule has 2 rings (SSSR count). The van der Waals surface area contributed by atoms with Gasteiger partial charge in [0.05, 0.1) is 19.8 Å². The quantitative estimate of drug-likeness (QED) is 0.792. The van der Waals surface area contributed by atoms with Crippen LogP contribution in [0, 0.1) is 0 Å². The van der Waals surface area contributed by atoms with E-state index >= 15 is 0 Å². The van der Waals surface area contributed by atoms with Crippen molar-refractivity contribution in [2.45, 2.75) is 37.9 Å². The Bertz CT molecular complexity index is 419. The van der Waals surface area contributed by atoms with E-state index in [0.717, 1.165) is 18.9 Å². The number of nitrogens with zero attached hydrogens (tertiary/aromatic N) is 1. The molecule has 2 N–H and O–H groups in total. The van der Waals surface area contributed by atoms with E-state index in [1.54, 1.807) is 14.2 Å². The number of rotatable bonds is 8. The maximum absolute atomic E-state index is 6.28. The van der Waals surface area contributed by atoms with Crippen molar-refractivity contribution < 1.29 is 9.47 Å². The second kappa shape index (κ2) is 7.07. The van der Waals surface area contributed by atoms with Crippen LogP contribution in [0.15, 0.2) is 24.3 Å². The average Bonchev–Trinajstić information content (AvgIpc) is 3.27. The summed E-state index contributed by atoms with van der Waals surface area (Å²) < 4.78 is 10.6. The lowest BCUT2D eigenvalue weighted by Crippen LogP contribution is -2.42. The zero-order valence-electron chi connectivity index (χ0n) is 12.7. The minimum atomic E-state index is 0.0690. The predicted octanol–water partition coefficient (Wildman–Crippen LogP) is 2.19. The van der Waals surface area contributed by atoms with Gasteiger partial charge >= 0.3 is 0 Å². The summed E-state index contributed by atoms with van der Waals surface area (Å²) in [5, 5.41) is 0. The van der Waals surface area contributed by atoms with Crippen LogP contribution >= 0.6 is 0 Å². The summed E-state index contributed by atoms with van der Waals surface area (Å²) >= 11 is 0. The smallest absolute Gasteiger partial charge is 0.119 e. The van der Waals surface area contributed by atoms with Crippen molar-refractivity contribution >= 4 is 0 Å². The molecule has 1 fully saturated rings. The van der Waals surface area contributed by atoms with Crippen molar-refractivity contribution in [3.05, 3.63) is 29.8 Å². The van der Waals surface area contributed by atoms with Gasteiger partial charge in [0.2, 0.25) is 0 Å². The maximum Gasteiger partial charge on any atom is 0.119 e. The molecule has 4 heteroatoms. The second-order valence-corrected chi connectivity index (χ2v) is 5.54. The van der Waals surface area contributed by atoms with Gasteiger partial charge in [-0.1, -0.05) is 12.1 Å². The van der Waals surface area contributed by atoms with Crippen molar-refractivity contribution in [1.82, 2.24) is 4.90 Å². The molecule has 4 nitrogen and oxygen atoms in total. The Morgan fingerprint density at radius 3 is 2.65 bits per heavy atom. The number of methoxy groups -OCH3 is 2. The van der Waals surface area contributed by atoms with E-state index in [9.17, 15) is 0 Å². The Balaban J connectivity index is 2.23. The van der Waals surface area contributed by atoms with E-state index in [-0.39, 0.29) is 12.1 Å². The lowest BCUT2D eigenvalue weighted by Gasteiger charge is -2.35. The molecule has 1 aliphatic carbocycles. The number of nitrogens with two attached hydrogens (primary N) is 1. The molecular weight excluding hydrogens is 252 g/mol. The van der Waals surface area contributed by atoms with E-state index in [0.29, 0.717) is 6.04 Å². The van der Waals surface area contributed by atoms with Crippen LogP contribution < -0.4 is 10.5 Å². The summed E-state index contributed by atoms with van der Waals surface area (Å²) in [4.78, 5) is 2.49. The molecule has 2 unspecified atom stereocenters. The molecule has 1 saturated carbocycles.